The average Bonchev–Trinajstić information content (AvgIpc) is 2.14. The van der Waals surface area contributed by atoms with Crippen molar-refractivity contribution in [3.05, 3.63) is 35.6 Å². The Morgan fingerprint density at radius 2 is 1.93 bits per heavy atom. The number of hydrogen-bond acceptors (Lipinski definition) is 1. The van der Waals surface area contributed by atoms with Crippen LogP contribution in [0.4, 0.5) is 17.7 Å². The first-order valence-corrected chi connectivity index (χ1v) is 4.32. The van der Waals surface area contributed by atoms with Gasteiger partial charge in [0.15, 0.2) is 0 Å². The van der Waals surface area contributed by atoms with Gasteiger partial charge in [0.1, 0.15) is 5.76 Å². The number of hydrogen-bond donors (Lipinski definition) is 0. The topological polar surface area (TPSA) is 9.23 Å². The third-order valence-electron chi connectivity index (χ3n) is 1.48. The van der Waals surface area contributed by atoms with Gasteiger partial charge in [-0.15, -0.1) is 0 Å². The second-order valence-corrected chi connectivity index (χ2v) is 2.78. The summed E-state index contributed by atoms with van der Waals surface area (Å²) in [5.41, 5.74) is -0.757. The van der Waals surface area contributed by atoms with E-state index >= 15 is 0 Å². The van der Waals surface area contributed by atoms with Gasteiger partial charge >= 0.3 is 6.18 Å². The third-order valence-corrected chi connectivity index (χ3v) is 1.48. The van der Waals surface area contributed by atoms with Crippen LogP contribution >= 0.6 is 0 Å². The monoisotopic (exact) mass is 224 g/mol. The van der Waals surface area contributed by atoms with Gasteiger partial charge in [-0.2, -0.15) is 13.2 Å². The maximum Gasteiger partial charge on any atom is 0.416 e. The normalized spacial score (nSPS) is 14.8. The Morgan fingerprint density at radius 3 is 2.33 bits per heavy atom. The zero-order chi connectivity index (χ0) is 11.9. The molecule has 5 heteroatoms. The second-order valence-electron chi connectivity index (χ2n) is 2.78. The molecule has 0 amide bonds. The molecule has 15 heavy (non-hydrogen) atoms. The minimum absolute atomic E-state index is 0.107. The molecule has 0 bridgehead atoms. The fourth-order valence-corrected chi connectivity index (χ4v) is 0.811. The summed E-state index contributed by atoms with van der Waals surface area (Å²) < 4.78 is 48.3. The lowest BCUT2D eigenvalue weighted by Gasteiger charge is -2.06. The zero-order valence-electron chi connectivity index (χ0n) is 8.44. The average molecular weight is 224 g/mol. The van der Waals surface area contributed by atoms with Gasteiger partial charge < -0.3 is 0 Å². The lowest BCUT2D eigenvalue weighted by Crippen LogP contribution is -2.09. The van der Waals surface area contributed by atoms with E-state index in [1.807, 2.05) is 0 Å². The highest BCUT2D eigenvalue weighted by Gasteiger charge is 2.30. The molecular formula is C10H12F4O. The summed E-state index contributed by atoms with van der Waals surface area (Å²) in [4.78, 5) is 3.29. The Hall–Kier alpha value is -1.26. The number of rotatable bonds is 4. The molecule has 0 fully saturated rings. The lowest BCUT2D eigenvalue weighted by atomic mass is 10.2. The summed E-state index contributed by atoms with van der Waals surface area (Å²) in [6.45, 7) is 2.90. The van der Waals surface area contributed by atoms with E-state index in [-0.39, 0.29) is 12.2 Å². The van der Waals surface area contributed by atoms with E-state index in [1.54, 1.807) is 6.92 Å². The van der Waals surface area contributed by atoms with Gasteiger partial charge in [-0.3, -0.25) is 4.94 Å². The van der Waals surface area contributed by atoms with Crippen LogP contribution in [0.2, 0.25) is 0 Å². The van der Waals surface area contributed by atoms with Crippen molar-refractivity contribution in [1.82, 2.24) is 0 Å². The first-order valence-electron chi connectivity index (χ1n) is 4.32. The summed E-state index contributed by atoms with van der Waals surface area (Å²) in [5, 5.41) is 0. The first kappa shape index (κ1) is 13.7. The van der Waals surface area contributed by atoms with Crippen LogP contribution in [0, 0.1) is 0 Å². The molecule has 1 nitrogen and oxygen atoms in total. The molecule has 0 aromatic rings. The maximum absolute atomic E-state index is 12.3. The van der Waals surface area contributed by atoms with E-state index in [1.165, 1.54) is 6.92 Å². The molecule has 0 aromatic heterocycles. The van der Waals surface area contributed by atoms with Crippen LogP contribution in [-0.2, 0) is 4.94 Å². The third kappa shape index (κ3) is 5.93. The Labute approximate surface area is 85.6 Å². The molecule has 0 aliphatic rings. The van der Waals surface area contributed by atoms with Crippen molar-refractivity contribution in [1.29, 1.82) is 0 Å². The van der Waals surface area contributed by atoms with E-state index in [2.05, 4.69) is 4.94 Å². The highest BCUT2D eigenvalue weighted by molar-refractivity contribution is 5.26. The van der Waals surface area contributed by atoms with Crippen LogP contribution in [0.3, 0.4) is 0 Å². The molecule has 0 aliphatic heterocycles. The summed E-state index contributed by atoms with van der Waals surface area (Å²) in [5.74, 6) is -0.107. The first-order chi connectivity index (χ1) is 6.91. The molecule has 0 unspecified atom stereocenters. The molecule has 0 aliphatic carbocycles. The van der Waals surface area contributed by atoms with Crippen molar-refractivity contribution >= 4 is 0 Å². The van der Waals surface area contributed by atoms with Gasteiger partial charge in [0.05, 0.1) is 5.57 Å². The number of allylic oxidation sites excluding steroid dienone is 6. The van der Waals surface area contributed by atoms with E-state index < -0.39 is 11.7 Å². The predicted molar refractivity (Wildman–Crippen MR) is 49.5 cm³/mol. The van der Waals surface area contributed by atoms with Crippen molar-refractivity contribution < 1.29 is 22.6 Å². The highest BCUT2D eigenvalue weighted by Crippen LogP contribution is 2.26. The molecule has 0 atom stereocenters. The van der Waals surface area contributed by atoms with Crippen LogP contribution in [0.25, 0.3) is 0 Å². The summed E-state index contributed by atoms with van der Waals surface area (Å²) >= 11 is 0. The minimum atomic E-state index is -4.38. The molecule has 86 valence electrons. The maximum atomic E-state index is 12.3. The van der Waals surface area contributed by atoms with Crippen LogP contribution in [0.5, 0.6) is 0 Å². The Kier molecular flexibility index (Phi) is 5.74. The molecule has 0 radical (unpaired) electrons. The fraction of sp³-hybridized carbons (Fsp3) is 0.400. The molecule has 0 saturated carbocycles. The number of halogens is 4. The molecule has 0 saturated heterocycles. The highest BCUT2D eigenvalue weighted by atomic mass is 19.4. The summed E-state index contributed by atoms with van der Waals surface area (Å²) in [6, 6.07) is 0. The van der Waals surface area contributed by atoms with E-state index in [0.717, 1.165) is 24.3 Å². The molecule has 0 N–H and O–H groups in total. The van der Waals surface area contributed by atoms with Crippen molar-refractivity contribution in [3.63, 3.8) is 0 Å². The Morgan fingerprint density at radius 1 is 1.33 bits per heavy atom. The largest absolute Gasteiger partial charge is 0.416 e. The smallest absolute Gasteiger partial charge is 0.299 e. The second kappa shape index (κ2) is 6.27. The Balaban J connectivity index is 4.65. The fourth-order valence-electron chi connectivity index (χ4n) is 0.811. The predicted octanol–water partition coefficient (Wildman–Crippen LogP) is 4.25. The zero-order valence-corrected chi connectivity index (χ0v) is 8.44. The van der Waals surface area contributed by atoms with Crippen LogP contribution in [0.1, 0.15) is 20.3 Å². The minimum Gasteiger partial charge on any atom is -0.299 e. The quantitative estimate of drug-likeness (QED) is 0.394. The molecular weight excluding hydrogens is 212 g/mol. The van der Waals surface area contributed by atoms with Gasteiger partial charge in [0, 0.05) is 4.53 Å². The van der Waals surface area contributed by atoms with Crippen molar-refractivity contribution in [2.24, 2.45) is 0 Å². The van der Waals surface area contributed by atoms with Crippen molar-refractivity contribution in [2.75, 3.05) is 0 Å². The van der Waals surface area contributed by atoms with Gasteiger partial charge in [-0.1, -0.05) is 25.2 Å². The number of alkyl halides is 3. The lowest BCUT2D eigenvalue weighted by molar-refractivity contribution is -0.0884. The van der Waals surface area contributed by atoms with Gasteiger partial charge in [-0.05, 0) is 19.4 Å². The van der Waals surface area contributed by atoms with Crippen molar-refractivity contribution in [2.45, 2.75) is 26.4 Å². The molecule has 0 spiro atoms. The van der Waals surface area contributed by atoms with E-state index in [4.69, 9.17) is 0 Å². The van der Waals surface area contributed by atoms with Gasteiger partial charge in [-0.25, -0.2) is 0 Å². The van der Waals surface area contributed by atoms with Crippen LogP contribution in [-0.4, -0.2) is 6.18 Å². The molecule has 0 heterocycles. The Bertz CT molecular complexity index is 274. The summed E-state index contributed by atoms with van der Waals surface area (Å²) in [7, 11) is 0. The van der Waals surface area contributed by atoms with Crippen molar-refractivity contribution in [3.8, 4) is 0 Å². The van der Waals surface area contributed by atoms with Crippen LogP contribution < -0.4 is 0 Å². The van der Waals surface area contributed by atoms with Crippen LogP contribution in [0.15, 0.2) is 35.6 Å². The van der Waals surface area contributed by atoms with E-state index in [9.17, 15) is 17.7 Å². The summed E-state index contributed by atoms with van der Waals surface area (Å²) in [6.07, 6.45) is 0.00739. The molecule has 0 rings (SSSR count). The molecule has 0 aromatic carbocycles. The van der Waals surface area contributed by atoms with Gasteiger partial charge in [0.2, 0.25) is 0 Å². The van der Waals surface area contributed by atoms with E-state index in [0.29, 0.717) is 0 Å². The van der Waals surface area contributed by atoms with Gasteiger partial charge in [0.25, 0.3) is 0 Å². The standard InChI is InChI=1S/C10H12F4O/c1-3-5-9(10(11,12)13)7-4-6-8(2)15-14/h4-7H,3H2,1-2H3/b7-4-,8-6+,9-5-. The SMILES string of the molecule is CC/C=C(/C=C\C=C(/C)OF)C(F)(F)F.